The molecule has 0 fully saturated rings. The lowest BCUT2D eigenvalue weighted by atomic mass is 9.50. The molecule has 0 unspecified atom stereocenters. The van der Waals surface area contributed by atoms with Crippen LogP contribution >= 0.6 is 45.9 Å². The summed E-state index contributed by atoms with van der Waals surface area (Å²) in [7, 11) is -4.21. The number of halogens is 2. The standard InChI is InChI=1S/C67H45B2Cl2N7O4S3/c1-73-61(67-76-56-36-32-49(71)41-58(56)84-67)65-60-59(62(43-29-33-50(34-30-43)82-38-17-39-85(79,80)81)77(65)68(44-18-6-2-7-19-44)45-20-8-3-9-21-45)64(53(42-72)66-75-55-35-31-48(70)40-57(55)83-66)78(63(60)52-27-15-14-26-51(52)54-28-16-37-74-54)69(46-22-10-4-11-23-46)47-24-12-5-13-25-47/h2-16,18-37,40-41,74H,17,38-39H2,(H,79,80,81)/b64-53-,65-61+. The van der Waals surface area contributed by atoms with Crippen LogP contribution in [0.4, 0.5) is 0 Å². The SMILES string of the molecule is [C-]#[N+]/C(c1nc2ccc(Cl)cc2s1)=c1\c2c(-c3ccccc3-c3ccc[nH]3)n(B(c3ccccc3)c3ccccc3)/c(=C(/C#N)c3nc4ccc(Cl)cc4s3)c2c(-c2ccc(OCCCS(=O)(=O)O)cc2)n1B(c1ccccc1)c1ccccc1. The van der Waals surface area contributed by atoms with Crippen LogP contribution in [0.25, 0.3) is 81.1 Å². The van der Waals surface area contributed by atoms with Crippen LogP contribution in [0.15, 0.2) is 225 Å². The van der Waals surface area contributed by atoms with Crippen LogP contribution in [-0.2, 0) is 10.1 Å². The van der Waals surface area contributed by atoms with Gasteiger partial charge in [-0.05, 0) is 84.8 Å². The van der Waals surface area contributed by atoms with Gasteiger partial charge in [-0.2, -0.15) is 13.7 Å². The van der Waals surface area contributed by atoms with Crippen molar-refractivity contribution in [1.82, 2.24) is 23.9 Å². The zero-order valence-electron chi connectivity index (χ0n) is 45.0. The van der Waals surface area contributed by atoms with Gasteiger partial charge in [-0.3, -0.25) is 4.55 Å². The van der Waals surface area contributed by atoms with Crippen molar-refractivity contribution in [2.24, 2.45) is 0 Å². The van der Waals surface area contributed by atoms with Gasteiger partial charge < -0.3 is 18.7 Å². The van der Waals surface area contributed by atoms with E-state index < -0.39 is 29.6 Å². The molecule has 0 atom stereocenters. The molecule has 0 radical (unpaired) electrons. The molecule has 0 aliphatic heterocycles. The molecule has 0 aliphatic rings. The summed E-state index contributed by atoms with van der Waals surface area (Å²) in [4.78, 5) is 18.7. The van der Waals surface area contributed by atoms with Crippen molar-refractivity contribution in [3.05, 3.63) is 267 Å². The molecular weight excluding hydrogens is 1160 g/mol. The van der Waals surface area contributed by atoms with E-state index in [1.165, 1.54) is 22.7 Å². The Hall–Kier alpha value is -9.22. The molecule has 11 nitrogen and oxygen atoms in total. The fourth-order valence-corrected chi connectivity index (χ4v) is 14.4. The number of rotatable bonds is 16. The van der Waals surface area contributed by atoms with Crippen molar-refractivity contribution >= 4 is 134 Å². The first kappa shape index (κ1) is 55.0. The Morgan fingerprint density at radius 1 is 0.624 bits per heavy atom. The van der Waals surface area contributed by atoms with Gasteiger partial charge in [0.2, 0.25) is 5.70 Å². The lowest BCUT2D eigenvalue weighted by molar-refractivity contribution is 0.316. The number of thiazole rings is 2. The Balaban J connectivity index is 1.34. The third kappa shape index (κ3) is 10.7. The van der Waals surface area contributed by atoms with Crippen molar-refractivity contribution in [2.45, 2.75) is 6.42 Å². The number of benzene rings is 8. The van der Waals surface area contributed by atoms with Crippen molar-refractivity contribution in [1.29, 1.82) is 5.26 Å². The van der Waals surface area contributed by atoms with Gasteiger partial charge >= 0.3 is 13.7 Å². The van der Waals surface area contributed by atoms with E-state index >= 15 is 0 Å². The molecule has 5 heterocycles. The lowest BCUT2D eigenvalue weighted by Gasteiger charge is -2.25. The minimum atomic E-state index is -4.21. The molecule has 0 aliphatic carbocycles. The fourth-order valence-electron chi connectivity index (χ4n) is 11.4. The molecule has 85 heavy (non-hydrogen) atoms. The summed E-state index contributed by atoms with van der Waals surface area (Å²) in [6.45, 7) is 8.42. The maximum Gasteiger partial charge on any atom is 0.328 e. The average Bonchev–Trinajstić information content (AvgIpc) is 1.57. The van der Waals surface area contributed by atoms with Gasteiger partial charge in [-0.1, -0.05) is 191 Å². The molecule has 0 saturated heterocycles. The number of aromatic nitrogens is 5. The van der Waals surface area contributed by atoms with E-state index in [0.29, 0.717) is 75.3 Å². The Labute approximate surface area is 508 Å². The predicted octanol–water partition coefficient (Wildman–Crippen LogP) is 12.1. The molecule has 0 saturated carbocycles. The summed E-state index contributed by atoms with van der Waals surface area (Å²) in [5.74, 6) is 0.00448. The highest BCUT2D eigenvalue weighted by Crippen LogP contribution is 2.41. The normalized spacial score (nSPS) is 12.3. The van der Waals surface area contributed by atoms with Crippen LogP contribution in [0.5, 0.6) is 5.75 Å². The second kappa shape index (κ2) is 23.4. The first-order valence-corrected chi connectivity index (χ1v) is 31.1. The van der Waals surface area contributed by atoms with Gasteiger partial charge in [-0.25, -0.2) is 14.8 Å². The summed E-state index contributed by atoms with van der Waals surface area (Å²) >= 11 is 16.2. The zero-order chi connectivity index (χ0) is 58.2. The topological polar surface area (TPSA) is 143 Å². The van der Waals surface area contributed by atoms with E-state index in [9.17, 15) is 24.8 Å². The highest BCUT2D eigenvalue weighted by molar-refractivity contribution is 7.85. The van der Waals surface area contributed by atoms with Gasteiger partial charge in [0.15, 0.2) is 0 Å². The number of ether oxygens (including phenoxy) is 1. The summed E-state index contributed by atoms with van der Waals surface area (Å²) in [5.41, 5.74) is 10.2. The fraction of sp³-hybridized carbons (Fsp3) is 0.0448. The van der Waals surface area contributed by atoms with Crippen molar-refractivity contribution < 1.29 is 17.7 Å². The van der Waals surface area contributed by atoms with Crippen LogP contribution in [-0.4, -0.2) is 62.9 Å². The van der Waals surface area contributed by atoms with Gasteiger partial charge in [0.25, 0.3) is 10.1 Å². The molecule has 8 aromatic carbocycles. The van der Waals surface area contributed by atoms with E-state index in [4.69, 9.17) is 37.9 Å². The molecule has 0 bridgehead atoms. The Morgan fingerprint density at radius 2 is 1.12 bits per heavy atom. The molecule has 13 rings (SSSR count). The third-order valence-corrected chi connectivity index (χ3v) is 18.3. The van der Waals surface area contributed by atoms with Crippen LogP contribution < -0.4 is 37.3 Å². The second-order valence-electron chi connectivity index (χ2n) is 20.2. The predicted molar refractivity (Wildman–Crippen MR) is 349 cm³/mol. The molecule has 0 spiro atoms. The maximum atomic E-state index is 12.4. The Kier molecular flexibility index (Phi) is 15.2. The Morgan fingerprint density at radius 3 is 1.62 bits per heavy atom. The van der Waals surface area contributed by atoms with Crippen LogP contribution in [0.2, 0.25) is 10.0 Å². The number of nitrogens with one attached hydrogen (secondary N) is 1. The lowest BCUT2D eigenvalue weighted by Crippen LogP contribution is -2.54. The van der Waals surface area contributed by atoms with E-state index in [1.54, 1.807) is 12.1 Å². The molecule has 410 valence electrons. The quantitative estimate of drug-likeness (QED) is 0.0424. The number of nitriles is 1. The van der Waals surface area contributed by atoms with E-state index in [0.717, 1.165) is 48.1 Å². The molecule has 2 N–H and O–H groups in total. The smallest absolute Gasteiger partial charge is 0.328 e. The summed E-state index contributed by atoms with van der Waals surface area (Å²) in [5, 5.41) is 16.8. The number of fused-ring (bicyclic) bond motifs is 3. The van der Waals surface area contributed by atoms with E-state index in [2.05, 4.69) is 85.5 Å². The Bertz CT molecular complexity index is 4810. The van der Waals surface area contributed by atoms with Gasteiger partial charge in [-0.15, -0.1) is 22.7 Å². The molecule has 18 heteroatoms. The third-order valence-electron chi connectivity index (χ3n) is 15.0. The molecule has 5 aromatic heterocycles. The molecule has 0 amide bonds. The minimum absolute atomic E-state index is 0.0233. The number of H-pyrrole nitrogens is 1. The number of hydrogen-bond donors (Lipinski definition) is 2. The highest BCUT2D eigenvalue weighted by atomic mass is 35.5. The highest BCUT2D eigenvalue weighted by Gasteiger charge is 2.38. The number of aromatic amines is 1. The van der Waals surface area contributed by atoms with Crippen LogP contribution in [0.3, 0.4) is 0 Å². The minimum Gasteiger partial charge on any atom is -0.494 e. The van der Waals surface area contributed by atoms with Crippen molar-refractivity contribution in [3.63, 3.8) is 0 Å². The first-order chi connectivity index (χ1) is 41.5. The monoisotopic (exact) mass is 1200 g/mol. The summed E-state index contributed by atoms with van der Waals surface area (Å²) in [6.07, 6.45) is 1.97. The number of nitrogens with zero attached hydrogens (tertiary/aromatic N) is 6. The zero-order valence-corrected chi connectivity index (χ0v) is 48.9. The van der Waals surface area contributed by atoms with E-state index in [-0.39, 0.29) is 24.3 Å². The molecular formula is C67H45B2Cl2N7O4S3. The average molecular weight is 1200 g/mol. The van der Waals surface area contributed by atoms with Crippen LogP contribution in [0.1, 0.15) is 16.4 Å². The summed E-state index contributed by atoms with van der Waals surface area (Å²) in [6, 6.07) is 74.7. The summed E-state index contributed by atoms with van der Waals surface area (Å²) < 4.78 is 45.4. The molecule has 13 aromatic rings. The van der Waals surface area contributed by atoms with Crippen LogP contribution in [0, 0.1) is 17.9 Å². The maximum absolute atomic E-state index is 12.4. The van der Waals surface area contributed by atoms with Gasteiger partial charge in [0.05, 0.1) is 44.7 Å². The first-order valence-electron chi connectivity index (χ1n) is 27.1. The van der Waals surface area contributed by atoms with Crippen molar-refractivity contribution in [2.75, 3.05) is 12.4 Å². The number of hydrogen-bond acceptors (Lipinski definition) is 8. The second-order valence-corrected chi connectivity index (χ2v) is 24.7. The van der Waals surface area contributed by atoms with Gasteiger partial charge in [0, 0.05) is 60.6 Å². The largest absolute Gasteiger partial charge is 0.494 e. The van der Waals surface area contributed by atoms with Crippen molar-refractivity contribution in [3.8, 4) is 45.6 Å². The van der Waals surface area contributed by atoms with E-state index in [1.807, 2.05) is 152 Å². The van der Waals surface area contributed by atoms with Gasteiger partial charge in [0.1, 0.15) is 27.4 Å².